The first-order valence-corrected chi connectivity index (χ1v) is 8.09. The number of aryl methyl sites for hydroxylation is 1. The number of hydrogen-bond donors (Lipinski definition) is 1. The van der Waals surface area contributed by atoms with Crippen LogP contribution >= 0.6 is 11.6 Å². The van der Waals surface area contributed by atoms with Gasteiger partial charge in [0.1, 0.15) is 4.90 Å². The summed E-state index contributed by atoms with van der Waals surface area (Å²) < 4.78 is 33.7. The zero-order chi connectivity index (χ0) is 15.5. The lowest BCUT2D eigenvalue weighted by Gasteiger charge is -2.09. The van der Waals surface area contributed by atoms with Gasteiger partial charge in [0.2, 0.25) is 0 Å². The van der Waals surface area contributed by atoms with Crippen molar-refractivity contribution in [3.8, 4) is 0 Å². The summed E-state index contributed by atoms with van der Waals surface area (Å²) in [5, 5.41) is 4.27. The quantitative estimate of drug-likeness (QED) is 0.882. The minimum atomic E-state index is -3.74. The molecule has 0 aliphatic heterocycles. The number of ether oxygens (including phenoxy) is 1. The lowest BCUT2D eigenvalue weighted by Crippen LogP contribution is -2.13. The van der Waals surface area contributed by atoms with E-state index in [-0.39, 0.29) is 9.92 Å². The van der Waals surface area contributed by atoms with E-state index in [1.807, 2.05) is 0 Å². The molecule has 2 rings (SSSR count). The predicted octanol–water partition coefficient (Wildman–Crippen LogP) is 2.29. The number of rotatable bonds is 6. The summed E-state index contributed by atoms with van der Waals surface area (Å²) in [7, 11) is -2.15. The van der Waals surface area contributed by atoms with Crippen molar-refractivity contribution in [3.63, 3.8) is 0 Å². The standard InChI is InChI=1S/C13H16ClN3O3S/c1-10-4-3-5-12(13(10)14)21(18,19)16-11-8-15-17(9-11)6-7-20-2/h3-5,8-9,16H,6-7H2,1-2H3. The summed E-state index contributed by atoms with van der Waals surface area (Å²) in [5.74, 6) is 0. The highest BCUT2D eigenvalue weighted by molar-refractivity contribution is 7.92. The third-order valence-electron chi connectivity index (χ3n) is 2.86. The van der Waals surface area contributed by atoms with Crippen LogP contribution in [0.2, 0.25) is 5.02 Å². The summed E-state index contributed by atoms with van der Waals surface area (Å²) in [5.41, 5.74) is 1.08. The van der Waals surface area contributed by atoms with Gasteiger partial charge in [0.05, 0.1) is 30.1 Å². The second-order valence-electron chi connectivity index (χ2n) is 4.48. The largest absolute Gasteiger partial charge is 0.383 e. The van der Waals surface area contributed by atoms with E-state index in [0.717, 1.165) is 0 Å². The molecular formula is C13H16ClN3O3S. The van der Waals surface area contributed by atoms with Gasteiger partial charge in [-0.05, 0) is 18.6 Å². The number of nitrogens with one attached hydrogen (secondary N) is 1. The van der Waals surface area contributed by atoms with Crippen LogP contribution in [-0.2, 0) is 21.3 Å². The third kappa shape index (κ3) is 3.75. The van der Waals surface area contributed by atoms with Crippen molar-refractivity contribution in [1.82, 2.24) is 9.78 Å². The fourth-order valence-corrected chi connectivity index (χ4v) is 3.37. The fourth-order valence-electron chi connectivity index (χ4n) is 1.76. The van der Waals surface area contributed by atoms with Crippen LogP contribution in [0.1, 0.15) is 5.56 Å². The molecule has 0 atom stereocenters. The first-order chi connectivity index (χ1) is 9.94. The van der Waals surface area contributed by atoms with Gasteiger partial charge < -0.3 is 4.74 Å². The molecule has 0 radical (unpaired) electrons. The summed E-state index contributed by atoms with van der Waals surface area (Å²) in [6, 6.07) is 4.87. The number of nitrogens with zero attached hydrogens (tertiary/aromatic N) is 2. The van der Waals surface area contributed by atoms with Gasteiger partial charge in [0, 0.05) is 13.3 Å². The highest BCUT2D eigenvalue weighted by Gasteiger charge is 2.19. The Balaban J connectivity index is 2.21. The maximum atomic E-state index is 12.3. The molecule has 0 aliphatic rings. The second kappa shape index (κ2) is 6.46. The molecule has 0 aliphatic carbocycles. The number of hydrogen-bond acceptors (Lipinski definition) is 4. The van der Waals surface area contributed by atoms with Gasteiger partial charge in [-0.2, -0.15) is 5.10 Å². The molecule has 8 heteroatoms. The normalized spacial score (nSPS) is 11.6. The molecule has 0 unspecified atom stereocenters. The smallest absolute Gasteiger partial charge is 0.263 e. The van der Waals surface area contributed by atoms with Crippen LogP contribution in [0.15, 0.2) is 35.5 Å². The Morgan fingerprint density at radius 1 is 1.43 bits per heavy atom. The number of benzene rings is 1. The van der Waals surface area contributed by atoms with Crippen LogP contribution in [0.5, 0.6) is 0 Å². The maximum Gasteiger partial charge on any atom is 0.263 e. The molecule has 1 heterocycles. The van der Waals surface area contributed by atoms with Crippen molar-refractivity contribution in [3.05, 3.63) is 41.2 Å². The minimum Gasteiger partial charge on any atom is -0.383 e. The summed E-state index contributed by atoms with van der Waals surface area (Å²) >= 11 is 6.06. The molecule has 0 amide bonds. The van der Waals surface area contributed by atoms with Gasteiger partial charge in [0.25, 0.3) is 10.0 Å². The number of halogens is 1. The number of sulfonamides is 1. The molecule has 1 N–H and O–H groups in total. The van der Waals surface area contributed by atoms with E-state index in [0.29, 0.717) is 24.4 Å². The molecule has 1 aromatic carbocycles. The van der Waals surface area contributed by atoms with Crippen LogP contribution in [0.3, 0.4) is 0 Å². The Kier molecular flexibility index (Phi) is 4.87. The summed E-state index contributed by atoms with van der Waals surface area (Å²) in [6.45, 7) is 2.80. The Hall–Kier alpha value is -1.57. The number of methoxy groups -OCH3 is 1. The van der Waals surface area contributed by atoms with Gasteiger partial charge in [0.15, 0.2) is 0 Å². The van der Waals surface area contributed by atoms with Crippen LogP contribution in [0, 0.1) is 6.92 Å². The molecule has 1 aromatic heterocycles. The van der Waals surface area contributed by atoms with Gasteiger partial charge in [-0.15, -0.1) is 0 Å². The van der Waals surface area contributed by atoms with E-state index in [4.69, 9.17) is 16.3 Å². The van der Waals surface area contributed by atoms with E-state index in [9.17, 15) is 8.42 Å². The highest BCUT2D eigenvalue weighted by Crippen LogP contribution is 2.26. The highest BCUT2D eigenvalue weighted by atomic mass is 35.5. The molecular weight excluding hydrogens is 314 g/mol. The number of anilines is 1. The molecule has 0 fully saturated rings. The van der Waals surface area contributed by atoms with Crippen molar-refractivity contribution >= 4 is 27.3 Å². The monoisotopic (exact) mass is 329 g/mol. The minimum absolute atomic E-state index is 0.0498. The molecule has 0 saturated carbocycles. The SMILES string of the molecule is COCCn1cc(NS(=O)(=O)c2cccc(C)c2Cl)cn1. The molecule has 2 aromatic rings. The Morgan fingerprint density at radius 3 is 2.90 bits per heavy atom. The van der Waals surface area contributed by atoms with Gasteiger partial charge in [-0.25, -0.2) is 8.42 Å². The second-order valence-corrected chi connectivity index (χ2v) is 6.51. The Morgan fingerprint density at radius 2 is 2.19 bits per heavy atom. The van der Waals surface area contributed by atoms with Crippen molar-refractivity contribution in [1.29, 1.82) is 0 Å². The van der Waals surface area contributed by atoms with E-state index in [1.165, 1.54) is 12.3 Å². The first kappa shape index (κ1) is 15.8. The molecule has 0 bridgehead atoms. The molecule has 6 nitrogen and oxygen atoms in total. The number of aromatic nitrogens is 2. The van der Waals surface area contributed by atoms with Crippen molar-refractivity contribution in [2.45, 2.75) is 18.4 Å². The molecule has 0 spiro atoms. The van der Waals surface area contributed by atoms with E-state index in [2.05, 4.69) is 9.82 Å². The lowest BCUT2D eigenvalue weighted by molar-refractivity contribution is 0.183. The van der Waals surface area contributed by atoms with Crippen molar-refractivity contribution in [2.24, 2.45) is 0 Å². The van der Waals surface area contributed by atoms with Crippen molar-refractivity contribution in [2.75, 3.05) is 18.4 Å². The topological polar surface area (TPSA) is 73.2 Å². The third-order valence-corrected chi connectivity index (χ3v) is 4.89. The summed E-state index contributed by atoms with van der Waals surface area (Å²) in [6.07, 6.45) is 3.04. The van der Waals surface area contributed by atoms with Gasteiger partial charge in [-0.3, -0.25) is 9.40 Å². The zero-order valence-electron chi connectivity index (χ0n) is 11.7. The Bertz CT molecular complexity index is 728. The van der Waals surface area contributed by atoms with Crippen LogP contribution < -0.4 is 4.72 Å². The molecule has 21 heavy (non-hydrogen) atoms. The molecule has 0 saturated heterocycles. The van der Waals surface area contributed by atoms with Crippen molar-refractivity contribution < 1.29 is 13.2 Å². The molecule has 114 valence electrons. The van der Waals surface area contributed by atoms with E-state index in [1.54, 1.807) is 37.0 Å². The predicted molar refractivity (Wildman–Crippen MR) is 81.1 cm³/mol. The average Bonchev–Trinajstić information content (AvgIpc) is 2.86. The van der Waals surface area contributed by atoms with Gasteiger partial charge in [-0.1, -0.05) is 23.7 Å². The van der Waals surface area contributed by atoms with Gasteiger partial charge >= 0.3 is 0 Å². The fraction of sp³-hybridized carbons (Fsp3) is 0.308. The average molecular weight is 330 g/mol. The van der Waals surface area contributed by atoms with Crippen LogP contribution in [0.4, 0.5) is 5.69 Å². The van der Waals surface area contributed by atoms with Crippen LogP contribution in [-0.4, -0.2) is 31.9 Å². The first-order valence-electron chi connectivity index (χ1n) is 6.23. The summed E-state index contributed by atoms with van der Waals surface area (Å²) in [4.78, 5) is 0.0498. The maximum absolute atomic E-state index is 12.3. The van der Waals surface area contributed by atoms with E-state index < -0.39 is 10.0 Å². The van der Waals surface area contributed by atoms with Crippen LogP contribution in [0.25, 0.3) is 0 Å². The zero-order valence-corrected chi connectivity index (χ0v) is 13.3. The Labute approximate surface area is 128 Å². The van der Waals surface area contributed by atoms with E-state index >= 15 is 0 Å². The lowest BCUT2D eigenvalue weighted by atomic mass is 10.2.